The largest absolute Gasteiger partial charge is 0.497 e. The summed E-state index contributed by atoms with van der Waals surface area (Å²) in [5.41, 5.74) is 0. The van der Waals surface area contributed by atoms with E-state index < -0.39 is 0 Å². The van der Waals surface area contributed by atoms with E-state index in [4.69, 9.17) is 9.84 Å². The Morgan fingerprint density at radius 2 is 2.25 bits per heavy atom. The van der Waals surface area contributed by atoms with E-state index in [0.717, 1.165) is 19.4 Å². The lowest BCUT2D eigenvalue weighted by atomic mass is 10.1. The summed E-state index contributed by atoms with van der Waals surface area (Å²) in [4.78, 5) is 2.08. The zero-order valence-corrected chi connectivity index (χ0v) is 10.2. The molecule has 2 N–H and O–H groups in total. The molecule has 1 aliphatic rings. The number of hydrogen-bond donors (Lipinski definition) is 2. The van der Waals surface area contributed by atoms with Crippen LogP contribution in [0.5, 0.6) is 0 Å². The van der Waals surface area contributed by atoms with Crippen LogP contribution in [0.15, 0.2) is 12.3 Å². The minimum Gasteiger partial charge on any atom is -0.497 e. The maximum atomic E-state index is 9.42. The van der Waals surface area contributed by atoms with Gasteiger partial charge in [0.25, 0.3) is 0 Å². The van der Waals surface area contributed by atoms with Crippen molar-refractivity contribution in [2.75, 3.05) is 19.7 Å². The van der Waals surface area contributed by atoms with Crippen molar-refractivity contribution in [2.45, 2.75) is 44.9 Å². The number of rotatable bonds is 6. The zero-order valence-electron chi connectivity index (χ0n) is 10.2. The van der Waals surface area contributed by atoms with Gasteiger partial charge >= 0.3 is 0 Å². The Morgan fingerprint density at radius 3 is 2.75 bits per heavy atom. The molecule has 0 radical (unpaired) electrons. The van der Waals surface area contributed by atoms with Crippen LogP contribution in [0.3, 0.4) is 0 Å². The van der Waals surface area contributed by atoms with Crippen molar-refractivity contribution in [3.8, 4) is 0 Å². The summed E-state index contributed by atoms with van der Waals surface area (Å²) in [6.07, 6.45) is 5.61. The van der Waals surface area contributed by atoms with Gasteiger partial charge in [-0.1, -0.05) is 0 Å². The summed E-state index contributed by atoms with van der Waals surface area (Å²) in [7, 11) is 0. The van der Waals surface area contributed by atoms with E-state index in [2.05, 4.69) is 4.90 Å². The minimum absolute atomic E-state index is 0.0594. The third-order valence-electron chi connectivity index (χ3n) is 2.85. The molecule has 0 aromatic carbocycles. The number of ether oxygens (including phenoxy) is 1. The van der Waals surface area contributed by atoms with Gasteiger partial charge in [0.2, 0.25) is 0 Å². The fourth-order valence-electron chi connectivity index (χ4n) is 1.87. The molecule has 0 aliphatic carbocycles. The highest BCUT2D eigenvalue weighted by atomic mass is 16.5. The van der Waals surface area contributed by atoms with Crippen molar-refractivity contribution in [3.05, 3.63) is 12.3 Å². The van der Waals surface area contributed by atoms with Gasteiger partial charge in [-0.15, -0.1) is 0 Å². The summed E-state index contributed by atoms with van der Waals surface area (Å²) < 4.78 is 5.50. The second kappa shape index (κ2) is 6.89. The predicted molar refractivity (Wildman–Crippen MR) is 63.0 cm³/mol. The van der Waals surface area contributed by atoms with Crippen LogP contribution >= 0.6 is 0 Å². The van der Waals surface area contributed by atoms with Crippen LogP contribution in [0.2, 0.25) is 0 Å². The van der Waals surface area contributed by atoms with Crippen molar-refractivity contribution in [1.82, 2.24) is 4.90 Å². The normalized spacial score (nSPS) is 24.2. The summed E-state index contributed by atoms with van der Waals surface area (Å²) in [6.45, 7) is 5.16. The molecule has 1 rings (SSSR count). The first kappa shape index (κ1) is 13.5. The average Bonchev–Trinajstić information content (AvgIpc) is 2.28. The zero-order chi connectivity index (χ0) is 12.0. The Hall–Kier alpha value is -0.580. The first-order valence-electron chi connectivity index (χ1n) is 5.97. The van der Waals surface area contributed by atoms with Gasteiger partial charge in [0.1, 0.15) is 6.10 Å². The van der Waals surface area contributed by atoms with Crippen molar-refractivity contribution >= 4 is 0 Å². The van der Waals surface area contributed by atoms with Crippen molar-refractivity contribution in [2.24, 2.45) is 0 Å². The third-order valence-corrected chi connectivity index (χ3v) is 2.85. The summed E-state index contributed by atoms with van der Waals surface area (Å²) in [5.74, 6) is 0. The Labute approximate surface area is 97.5 Å². The smallest absolute Gasteiger partial charge is 0.111 e. The van der Waals surface area contributed by atoms with Gasteiger partial charge in [-0.2, -0.15) is 0 Å². The Balaban J connectivity index is 2.45. The lowest BCUT2D eigenvalue weighted by Gasteiger charge is -2.32. The topological polar surface area (TPSA) is 52.9 Å². The number of aliphatic hydroxyl groups excluding tert-OH is 2. The van der Waals surface area contributed by atoms with E-state index in [1.165, 1.54) is 0 Å². The van der Waals surface area contributed by atoms with E-state index in [1.807, 2.05) is 13.0 Å². The SMILES string of the molecule is C[C@H](O)CN(C[C@@H]1CCC=CO1)[C@H](C)CO. The van der Waals surface area contributed by atoms with Gasteiger partial charge in [-0.3, -0.25) is 4.90 Å². The molecule has 0 aromatic rings. The van der Waals surface area contributed by atoms with Gasteiger partial charge in [0.15, 0.2) is 0 Å². The molecular weight excluding hydrogens is 206 g/mol. The molecule has 1 aliphatic heterocycles. The van der Waals surface area contributed by atoms with E-state index in [-0.39, 0.29) is 24.9 Å². The molecule has 94 valence electrons. The van der Waals surface area contributed by atoms with Crippen LogP contribution in [0.25, 0.3) is 0 Å². The molecule has 16 heavy (non-hydrogen) atoms. The highest BCUT2D eigenvalue weighted by molar-refractivity contribution is 4.84. The number of aliphatic hydroxyl groups is 2. The summed E-state index contributed by atoms with van der Waals surface area (Å²) in [5, 5.41) is 18.6. The monoisotopic (exact) mass is 229 g/mol. The number of nitrogens with zero attached hydrogens (tertiary/aromatic N) is 1. The molecule has 4 heteroatoms. The fraction of sp³-hybridized carbons (Fsp3) is 0.833. The van der Waals surface area contributed by atoms with Crippen LogP contribution in [-0.4, -0.2) is 53.1 Å². The molecular formula is C12H23NO3. The molecule has 1 heterocycles. The first-order valence-corrected chi connectivity index (χ1v) is 5.97. The standard InChI is InChI=1S/C12H23NO3/c1-10(9-14)13(7-11(2)15)8-12-5-3-4-6-16-12/h4,6,10-12,14-15H,3,5,7-9H2,1-2H3/t10-,11+,12+/m1/s1. The van der Waals surface area contributed by atoms with Gasteiger partial charge in [-0.25, -0.2) is 0 Å². The second-order valence-electron chi connectivity index (χ2n) is 4.54. The van der Waals surface area contributed by atoms with Crippen LogP contribution in [0, 0.1) is 0 Å². The van der Waals surface area contributed by atoms with Crippen molar-refractivity contribution in [1.29, 1.82) is 0 Å². The molecule has 0 spiro atoms. The molecule has 0 saturated carbocycles. The van der Waals surface area contributed by atoms with E-state index >= 15 is 0 Å². The lowest BCUT2D eigenvalue weighted by Crippen LogP contribution is -2.44. The molecule has 3 atom stereocenters. The maximum absolute atomic E-state index is 9.42. The quantitative estimate of drug-likeness (QED) is 0.705. The molecule has 0 amide bonds. The number of allylic oxidation sites excluding steroid dienone is 1. The molecule has 0 fully saturated rings. The Kier molecular flexibility index (Phi) is 5.80. The van der Waals surface area contributed by atoms with Gasteiger partial charge < -0.3 is 14.9 Å². The molecule has 4 nitrogen and oxygen atoms in total. The van der Waals surface area contributed by atoms with E-state index in [9.17, 15) is 5.11 Å². The first-order chi connectivity index (χ1) is 7.63. The summed E-state index contributed by atoms with van der Waals surface area (Å²) >= 11 is 0. The van der Waals surface area contributed by atoms with Crippen LogP contribution in [-0.2, 0) is 4.74 Å². The molecule has 0 aromatic heterocycles. The lowest BCUT2D eigenvalue weighted by molar-refractivity contribution is 0.0253. The molecule has 0 saturated heterocycles. The van der Waals surface area contributed by atoms with Crippen LogP contribution < -0.4 is 0 Å². The van der Waals surface area contributed by atoms with Crippen LogP contribution in [0.1, 0.15) is 26.7 Å². The Morgan fingerprint density at radius 1 is 1.50 bits per heavy atom. The van der Waals surface area contributed by atoms with Crippen molar-refractivity contribution in [3.63, 3.8) is 0 Å². The summed E-state index contributed by atoms with van der Waals surface area (Å²) in [6, 6.07) is 0.0594. The second-order valence-corrected chi connectivity index (χ2v) is 4.54. The van der Waals surface area contributed by atoms with Crippen LogP contribution in [0.4, 0.5) is 0 Å². The highest BCUT2D eigenvalue weighted by Gasteiger charge is 2.21. The average molecular weight is 229 g/mol. The number of hydrogen-bond acceptors (Lipinski definition) is 4. The van der Waals surface area contributed by atoms with Gasteiger partial charge in [0.05, 0.1) is 19.0 Å². The minimum atomic E-state index is -0.381. The Bertz CT molecular complexity index is 218. The molecule has 0 bridgehead atoms. The fourth-order valence-corrected chi connectivity index (χ4v) is 1.87. The van der Waals surface area contributed by atoms with Crippen molar-refractivity contribution < 1.29 is 14.9 Å². The molecule has 0 unspecified atom stereocenters. The van der Waals surface area contributed by atoms with E-state index in [0.29, 0.717) is 6.54 Å². The van der Waals surface area contributed by atoms with E-state index in [1.54, 1.807) is 13.2 Å². The van der Waals surface area contributed by atoms with Gasteiger partial charge in [0, 0.05) is 19.1 Å². The predicted octanol–water partition coefficient (Wildman–Crippen LogP) is 0.743. The van der Waals surface area contributed by atoms with Gasteiger partial charge in [-0.05, 0) is 32.8 Å². The maximum Gasteiger partial charge on any atom is 0.111 e. The highest BCUT2D eigenvalue weighted by Crippen LogP contribution is 2.13. The third kappa shape index (κ3) is 4.51.